The van der Waals surface area contributed by atoms with Crippen molar-refractivity contribution in [3.05, 3.63) is 0 Å². The van der Waals surface area contributed by atoms with Crippen LogP contribution in [-0.4, -0.2) is 12.6 Å². The molecule has 2 atom stereocenters. The van der Waals surface area contributed by atoms with Gasteiger partial charge in [-0.05, 0) is 43.6 Å². The minimum atomic E-state index is 0.431. The van der Waals surface area contributed by atoms with E-state index in [1.807, 2.05) is 0 Å². The molecule has 100 valence electrons. The van der Waals surface area contributed by atoms with Gasteiger partial charge in [0.05, 0.1) is 0 Å². The number of terminal acetylenes is 1. The van der Waals surface area contributed by atoms with Gasteiger partial charge in [-0.25, -0.2) is 0 Å². The maximum Gasteiger partial charge on any atom is 0.0101 e. The number of rotatable bonds is 8. The van der Waals surface area contributed by atoms with Gasteiger partial charge in [-0.3, -0.25) is 0 Å². The Hall–Kier alpha value is -0.480. The highest BCUT2D eigenvalue weighted by molar-refractivity contribution is 4.86. The first-order valence-electron chi connectivity index (χ1n) is 7.06. The molecule has 0 heterocycles. The van der Waals surface area contributed by atoms with Gasteiger partial charge < -0.3 is 5.32 Å². The first-order valence-corrected chi connectivity index (χ1v) is 7.06. The molecular weight excluding hydrogens is 206 g/mol. The zero-order chi connectivity index (χ0) is 13.3. The number of nitrogens with one attached hydrogen (secondary N) is 1. The normalized spacial score (nSPS) is 15.3. The van der Waals surface area contributed by atoms with E-state index < -0.39 is 0 Å². The average molecular weight is 237 g/mol. The van der Waals surface area contributed by atoms with Crippen molar-refractivity contribution in [3.8, 4) is 12.3 Å². The standard InChI is InChI=1S/C16H31N/c1-7-9-10-15(17-11-8-2)12-14(3)13-16(4,5)6/h1,14-15,17H,8-13H2,2-6H3. The van der Waals surface area contributed by atoms with E-state index in [0.29, 0.717) is 11.5 Å². The fourth-order valence-corrected chi connectivity index (χ4v) is 2.52. The molecule has 0 aromatic carbocycles. The predicted molar refractivity (Wildman–Crippen MR) is 78.0 cm³/mol. The highest BCUT2D eigenvalue weighted by Gasteiger charge is 2.18. The minimum absolute atomic E-state index is 0.431. The summed E-state index contributed by atoms with van der Waals surface area (Å²) in [5.41, 5.74) is 0.431. The molecule has 0 amide bonds. The first-order chi connectivity index (χ1) is 7.89. The highest BCUT2D eigenvalue weighted by atomic mass is 14.9. The van der Waals surface area contributed by atoms with Gasteiger partial charge in [0.15, 0.2) is 0 Å². The van der Waals surface area contributed by atoms with Crippen molar-refractivity contribution in [1.82, 2.24) is 5.32 Å². The molecule has 0 radical (unpaired) electrons. The molecule has 0 rings (SSSR count). The summed E-state index contributed by atoms with van der Waals surface area (Å²) in [5.74, 6) is 3.52. The number of hydrogen-bond donors (Lipinski definition) is 1. The molecule has 1 nitrogen and oxygen atoms in total. The van der Waals surface area contributed by atoms with Crippen LogP contribution in [0.2, 0.25) is 0 Å². The Morgan fingerprint density at radius 1 is 1.29 bits per heavy atom. The molecule has 2 unspecified atom stereocenters. The molecule has 0 aliphatic rings. The van der Waals surface area contributed by atoms with Crippen molar-refractivity contribution < 1.29 is 0 Å². The van der Waals surface area contributed by atoms with Crippen LogP contribution in [0.15, 0.2) is 0 Å². The Bertz CT molecular complexity index is 219. The van der Waals surface area contributed by atoms with E-state index in [4.69, 9.17) is 6.42 Å². The topological polar surface area (TPSA) is 12.0 Å². The summed E-state index contributed by atoms with van der Waals surface area (Å²) in [6.07, 6.45) is 11.1. The quantitative estimate of drug-likeness (QED) is 0.623. The third-order valence-corrected chi connectivity index (χ3v) is 2.97. The largest absolute Gasteiger partial charge is 0.314 e. The molecule has 0 fully saturated rings. The van der Waals surface area contributed by atoms with Crippen molar-refractivity contribution in [1.29, 1.82) is 0 Å². The third kappa shape index (κ3) is 10.4. The maximum atomic E-state index is 5.36. The van der Waals surface area contributed by atoms with Gasteiger partial charge in [0.1, 0.15) is 0 Å². The van der Waals surface area contributed by atoms with Gasteiger partial charge in [0.2, 0.25) is 0 Å². The summed E-state index contributed by atoms with van der Waals surface area (Å²) in [4.78, 5) is 0. The van der Waals surface area contributed by atoms with Gasteiger partial charge in [-0.1, -0.05) is 34.6 Å². The summed E-state index contributed by atoms with van der Waals surface area (Å²) < 4.78 is 0. The van der Waals surface area contributed by atoms with Crippen LogP contribution in [0.1, 0.15) is 66.7 Å². The van der Waals surface area contributed by atoms with E-state index in [9.17, 15) is 0 Å². The highest BCUT2D eigenvalue weighted by Crippen LogP contribution is 2.27. The summed E-state index contributed by atoms with van der Waals surface area (Å²) in [7, 11) is 0. The molecule has 0 aliphatic carbocycles. The van der Waals surface area contributed by atoms with Gasteiger partial charge in [0.25, 0.3) is 0 Å². The third-order valence-electron chi connectivity index (χ3n) is 2.97. The molecule has 0 spiro atoms. The van der Waals surface area contributed by atoms with Crippen LogP contribution in [0, 0.1) is 23.7 Å². The molecular formula is C16H31N. The predicted octanol–water partition coefficient (Wildman–Crippen LogP) is 4.23. The number of hydrogen-bond acceptors (Lipinski definition) is 1. The molecule has 0 bridgehead atoms. The van der Waals surface area contributed by atoms with Crippen LogP contribution in [0.25, 0.3) is 0 Å². The van der Waals surface area contributed by atoms with Gasteiger partial charge >= 0.3 is 0 Å². The molecule has 0 aromatic rings. The fraction of sp³-hybridized carbons (Fsp3) is 0.875. The lowest BCUT2D eigenvalue weighted by atomic mass is 9.82. The molecule has 0 aliphatic heterocycles. The average Bonchev–Trinajstić information content (AvgIpc) is 2.19. The van der Waals surface area contributed by atoms with Gasteiger partial charge in [0, 0.05) is 12.5 Å². The SMILES string of the molecule is C#CCCC(CC(C)CC(C)(C)C)NCCC. The van der Waals surface area contributed by atoms with Crippen molar-refractivity contribution in [2.75, 3.05) is 6.54 Å². The van der Waals surface area contributed by atoms with Crippen molar-refractivity contribution in [2.24, 2.45) is 11.3 Å². The summed E-state index contributed by atoms with van der Waals surface area (Å²) in [6, 6.07) is 0.600. The fourth-order valence-electron chi connectivity index (χ4n) is 2.52. The Balaban J connectivity index is 4.07. The van der Waals surface area contributed by atoms with Crippen LogP contribution < -0.4 is 5.32 Å². The first kappa shape index (κ1) is 16.5. The Kier molecular flexibility index (Phi) is 8.35. The lowest BCUT2D eigenvalue weighted by Crippen LogP contribution is -2.32. The van der Waals surface area contributed by atoms with E-state index in [0.717, 1.165) is 25.3 Å². The smallest absolute Gasteiger partial charge is 0.0101 e. The van der Waals surface area contributed by atoms with Gasteiger partial charge in [-0.2, -0.15) is 0 Å². The van der Waals surface area contributed by atoms with Crippen LogP contribution in [0.5, 0.6) is 0 Å². The van der Waals surface area contributed by atoms with E-state index in [-0.39, 0.29) is 0 Å². The van der Waals surface area contributed by atoms with E-state index in [2.05, 4.69) is 45.9 Å². The second-order valence-electron chi connectivity index (χ2n) is 6.50. The van der Waals surface area contributed by atoms with E-state index in [1.54, 1.807) is 0 Å². The second-order valence-corrected chi connectivity index (χ2v) is 6.50. The van der Waals surface area contributed by atoms with Crippen molar-refractivity contribution >= 4 is 0 Å². The molecule has 1 heteroatoms. The molecule has 0 saturated carbocycles. The molecule has 0 saturated heterocycles. The second kappa shape index (κ2) is 8.59. The minimum Gasteiger partial charge on any atom is -0.314 e. The van der Waals surface area contributed by atoms with E-state index >= 15 is 0 Å². The molecule has 1 N–H and O–H groups in total. The van der Waals surface area contributed by atoms with Crippen molar-refractivity contribution in [3.63, 3.8) is 0 Å². The maximum absolute atomic E-state index is 5.36. The van der Waals surface area contributed by atoms with Crippen LogP contribution in [0.4, 0.5) is 0 Å². The Labute approximate surface area is 109 Å². The zero-order valence-corrected chi connectivity index (χ0v) is 12.5. The van der Waals surface area contributed by atoms with Gasteiger partial charge in [-0.15, -0.1) is 12.3 Å². The van der Waals surface area contributed by atoms with Crippen LogP contribution in [0.3, 0.4) is 0 Å². The lowest BCUT2D eigenvalue weighted by molar-refractivity contribution is 0.271. The van der Waals surface area contributed by atoms with Crippen LogP contribution in [-0.2, 0) is 0 Å². The summed E-state index contributed by atoms with van der Waals surface area (Å²) >= 11 is 0. The summed E-state index contributed by atoms with van der Waals surface area (Å²) in [5, 5.41) is 3.63. The Morgan fingerprint density at radius 2 is 1.94 bits per heavy atom. The zero-order valence-electron chi connectivity index (χ0n) is 12.5. The Morgan fingerprint density at radius 3 is 2.41 bits per heavy atom. The molecule has 17 heavy (non-hydrogen) atoms. The van der Waals surface area contributed by atoms with E-state index in [1.165, 1.54) is 19.3 Å². The van der Waals surface area contributed by atoms with Crippen LogP contribution >= 0.6 is 0 Å². The summed E-state index contributed by atoms with van der Waals surface area (Å²) in [6.45, 7) is 12.6. The lowest BCUT2D eigenvalue weighted by Gasteiger charge is -2.27. The molecule has 0 aromatic heterocycles. The monoisotopic (exact) mass is 237 g/mol. The van der Waals surface area contributed by atoms with Crippen molar-refractivity contribution in [2.45, 2.75) is 72.8 Å².